The number of ether oxygens (including phenoxy) is 1. The molecule has 1 aromatic carbocycles. The zero-order valence-corrected chi connectivity index (χ0v) is 9.28. The van der Waals surface area contributed by atoms with Crippen LogP contribution in [0.4, 0.5) is 0 Å². The van der Waals surface area contributed by atoms with Crippen molar-refractivity contribution in [3.63, 3.8) is 0 Å². The van der Waals surface area contributed by atoms with Crippen molar-refractivity contribution in [3.05, 3.63) is 29.8 Å². The molecule has 0 amide bonds. The third-order valence-corrected chi connectivity index (χ3v) is 3.35. The molecule has 0 N–H and O–H groups in total. The molecule has 1 aromatic rings. The van der Waals surface area contributed by atoms with Crippen LogP contribution in [0.15, 0.2) is 24.3 Å². The van der Waals surface area contributed by atoms with E-state index in [9.17, 15) is 0 Å². The highest BCUT2D eigenvalue weighted by atomic mass is 16.5. The Kier molecular flexibility index (Phi) is 3.35. The van der Waals surface area contributed by atoms with Gasteiger partial charge in [0.1, 0.15) is 5.75 Å². The maximum Gasteiger partial charge on any atom is 0.119 e. The second-order valence-electron chi connectivity index (χ2n) is 4.41. The van der Waals surface area contributed by atoms with E-state index in [0.717, 1.165) is 12.2 Å². The van der Waals surface area contributed by atoms with Crippen molar-refractivity contribution in [2.45, 2.75) is 31.5 Å². The molecule has 0 aromatic heterocycles. The van der Waals surface area contributed by atoms with E-state index >= 15 is 0 Å². The summed E-state index contributed by atoms with van der Waals surface area (Å²) in [6, 6.07) is 8.31. The van der Waals surface area contributed by atoms with E-state index in [2.05, 4.69) is 18.2 Å². The molecule has 2 unspecified atom stereocenters. The number of methoxy groups -OCH3 is 1. The molecule has 15 heavy (non-hydrogen) atoms. The Hall–Kier alpha value is -0.915. The molecule has 2 heteroatoms. The van der Waals surface area contributed by atoms with Crippen LogP contribution in [0.5, 0.6) is 5.75 Å². The fraction of sp³-hybridized carbons (Fsp3) is 0.538. The largest absolute Gasteiger partial charge is 0.497 e. The van der Waals surface area contributed by atoms with Crippen LogP contribution in [0.25, 0.3) is 0 Å². The van der Waals surface area contributed by atoms with Crippen LogP contribution in [-0.4, -0.2) is 15.0 Å². The van der Waals surface area contributed by atoms with Gasteiger partial charge in [-0.3, -0.25) is 0 Å². The molecule has 2 atom stereocenters. The quantitative estimate of drug-likeness (QED) is 0.681. The first-order chi connectivity index (χ1) is 7.29. The molecular formula is C13H17BO. The minimum atomic E-state index is 0.399. The van der Waals surface area contributed by atoms with Gasteiger partial charge in [-0.25, -0.2) is 0 Å². The van der Waals surface area contributed by atoms with Gasteiger partial charge in [0.2, 0.25) is 0 Å². The lowest BCUT2D eigenvalue weighted by Crippen LogP contribution is -2.05. The average Bonchev–Trinajstić information content (AvgIpc) is 2.65. The van der Waals surface area contributed by atoms with Gasteiger partial charge in [0.15, 0.2) is 0 Å². The standard InChI is InChI=1S/C13H17BO/c1-15-12-6-2-4-10(9-12)8-11-5-3-7-13(11)14/h2,4,6,9,11,13H,3,5,7-8H2,1H3. The number of hydrogen-bond acceptors (Lipinski definition) is 1. The van der Waals surface area contributed by atoms with Crippen molar-refractivity contribution in [2.75, 3.05) is 7.11 Å². The zero-order chi connectivity index (χ0) is 10.7. The molecule has 1 saturated carbocycles. The highest BCUT2D eigenvalue weighted by Crippen LogP contribution is 2.36. The predicted octanol–water partition coefficient (Wildman–Crippen LogP) is 2.99. The Morgan fingerprint density at radius 3 is 2.93 bits per heavy atom. The molecule has 2 radical (unpaired) electrons. The zero-order valence-electron chi connectivity index (χ0n) is 9.28. The Labute approximate surface area is 93.2 Å². The van der Waals surface area contributed by atoms with Crippen molar-refractivity contribution in [2.24, 2.45) is 5.92 Å². The lowest BCUT2D eigenvalue weighted by Gasteiger charge is -2.15. The van der Waals surface area contributed by atoms with E-state index in [0.29, 0.717) is 11.7 Å². The fourth-order valence-electron chi connectivity index (χ4n) is 2.42. The van der Waals surface area contributed by atoms with Crippen molar-refractivity contribution < 1.29 is 4.74 Å². The molecule has 78 valence electrons. The molecule has 0 aliphatic heterocycles. The van der Waals surface area contributed by atoms with Crippen LogP contribution in [0.3, 0.4) is 0 Å². The maximum atomic E-state index is 6.07. The van der Waals surface area contributed by atoms with Gasteiger partial charge in [-0.2, -0.15) is 0 Å². The molecule has 0 saturated heterocycles. The van der Waals surface area contributed by atoms with Gasteiger partial charge in [-0.15, -0.1) is 0 Å². The van der Waals surface area contributed by atoms with Gasteiger partial charge in [0.25, 0.3) is 0 Å². The van der Waals surface area contributed by atoms with Crippen LogP contribution in [-0.2, 0) is 6.42 Å². The Morgan fingerprint density at radius 2 is 2.27 bits per heavy atom. The summed E-state index contributed by atoms with van der Waals surface area (Å²) in [5, 5.41) is 0. The van der Waals surface area contributed by atoms with E-state index in [1.807, 2.05) is 6.07 Å². The number of benzene rings is 1. The third-order valence-electron chi connectivity index (χ3n) is 3.35. The van der Waals surface area contributed by atoms with Gasteiger partial charge in [0, 0.05) is 0 Å². The van der Waals surface area contributed by atoms with Crippen molar-refractivity contribution in [3.8, 4) is 5.75 Å². The van der Waals surface area contributed by atoms with Crippen molar-refractivity contribution in [1.29, 1.82) is 0 Å². The summed E-state index contributed by atoms with van der Waals surface area (Å²) in [5.41, 5.74) is 1.34. The summed E-state index contributed by atoms with van der Waals surface area (Å²) in [4.78, 5) is 0. The maximum absolute atomic E-state index is 6.07. The molecule has 0 spiro atoms. The number of rotatable bonds is 3. The van der Waals surface area contributed by atoms with Crippen LogP contribution in [0.1, 0.15) is 24.8 Å². The minimum absolute atomic E-state index is 0.399. The topological polar surface area (TPSA) is 9.23 Å². The normalized spacial score (nSPS) is 25.4. The fourth-order valence-corrected chi connectivity index (χ4v) is 2.42. The van der Waals surface area contributed by atoms with Gasteiger partial charge < -0.3 is 4.74 Å². The second-order valence-corrected chi connectivity index (χ2v) is 4.41. The predicted molar refractivity (Wildman–Crippen MR) is 63.5 cm³/mol. The van der Waals surface area contributed by atoms with Crippen molar-refractivity contribution >= 4 is 7.85 Å². The van der Waals surface area contributed by atoms with E-state index in [-0.39, 0.29) is 0 Å². The van der Waals surface area contributed by atoms with Crippen LogP contribution in [0, 0.1) is 5.92 Å². The lowest BCUT2D eigenvalue weighted by atomic mass is 9.76. The van der Waals surface area contributed by atoms with E-state index in [1.54, 1.807) is 7.11 Å². The smallest absolute Gasteiger partial charge is 0.119 e. The highest BCUT2D eigenvalue weighted by Gasteiger charge is 2.22. The van der Waals surface area contributed by atoms with Crippen LogP contribution in [0.2, 0.25) is 5.82 Å². The van der Waals surface area contributed by atoms with Gasteiger partial charge in [-0.1, -0.05) is 37.2 Å². The van der Waals surface area contributed by atoms with Crippen molar-refractivity contribution in [1.82, 2.24) is 0 Å². The average molecular weight is 200 g/mol. The summed E-state index contributed by atoms with van der Waals surface area (Å²) in [7, 11) is 7.77. The Bertz CT molecular complexity index is 324. The molecule has 1 fully saturated rings. The first-order valence-electron chi connectivity index (χ1n) is 5.68. The molecule has 1 aliphatic rings. The monoisotopic (exact) mass is 200 g/mol. The van der Waals surface area contributed by atoms with Gasteiger partial charge in [-0.05, 0) is 30.0 Å². The summed E-state index contributed by atoms with van der Waals surface area (Å²) >= 11 is 0. The SMILES string of the molecule is [B]C1CCCC1Cc1cccc(OC)c1. The second kappa shape index (κ2) is 4.74. The van der Waals surface area contributed by atoms with Crippen LogP contribution >= 0.6 is 0 Å². The summed E-state index contributed by atoms with van der Waals surface area (Å²) < 4.78 is 5.21. The van der Waals surface area contributed by atoms with E-state index < -0.39 is 0 Å². The van der Waals surface area contributed by atoms with Crippen LogP contribution < -0.4 is 4.74 Å². The number of hydrogen-bond donors (Lipinski definition) is 0. The van der Waals surface area contributed by atoms with E-state index in [1.165, 1.54) is 24.8 Å². The minimum Gasteiger partial charge on any atom is -0.497 e. The molecular weight excluding hydrogens is 183 g/mol. The first-order valence-corrected chi connectivity index (χ1v) is 5.68. The first kappa shape index (κ1) is 10.6. The third kappa shape index (κ3) is 2.56. The summed E-state index contributed by atoms with van der Waals surface area (Å²) in [6.45, 7) is 0. The summed E-state index contributed by atoms with van der Waals surface area (Å²) in [6.07, 6.45) is 4.85. The molecule has 0 bridgehead atoms. The van der Waals surface area contributed by atoms with Gasteiger partial charge >= 0.3 is 0 Å². The Balaban J connectivity index is 2.03. The molecule has 1 nitrogen and oxygen atoms in total. The lowest BCUT2D eigenvalue weighted by molar-refractivity contribution is 0.413. The Morgan fingerprint density at radius 1 is 1.40 bits per heavy atom. The highest BCUT2D eigenvalue weighted by molar-refractivity contribution is 6.12. The van der Waals surface area contributed by atoms with E-state index in [4.69, 9.17) is 12.6 Å². The van der Waals surface area contributed by atoms with Gasteiger partial charge in [0.05, 0.1) is 15.0 Å². The summed E-state index contributed by atoms with van der Waals surface area (Å²) in [5.74, 6) is 2.01. The molecule has 2 rings (SSSR count). The molecule has 1 aliphatic carbocycles. The molecule has 0 heterocycles.